The Morgan fingerprint density at radius 2 is 1.78 bits per heavy atom. The largest absolute Gasteiger partial charge is 0.506 e. The van der Waals surface area contributed by atoms with Gasteiger partial charge in [-0.3, -0.25) is 4.79 Å². The summed E-state index contributed by atoms with van der Waals surface area (Å²) in [6.45, 7) is 6.84. The molecule has 2 aromatic rings. The number of halogens is 1. The fourth-order valence-electron chi connectivity index (χ4n) is 3.15. The Balaban J connectivity index is 0.00000512. The standard InChI is InChI=1S/C23H34N2O6.ClH/c1-4-6-10-30-21(28)12-15(3)24-14-20(27)16-8-9-19(26)22-17(16)13-18(25-22)23(29)31-11-7-5-2;/h8-9,13,15,20,24-27H,4-7,10-12,14H2,1-3H3;1H. The lowest BCUT2D eigenvalue weighted by atomic mass is 10.0. The molecule has 32 heavy (non-hydrogen) atoms. The van der Waals surface area contributed by atoms with Crippen molar-refractivity contribution < 1.29 is 29.3 Å². The number of aromatic hydroxyl groups is 1. The molecule has 2 unspecified atom stereocenters. The van der Waals surface area contributed by atoms with Crippen molar-refractivity contribution in [2.75, 3.05) is 19.8 Å². The number of benzene rings is 1. The molecule has 1 aromatic carbocycles. The minimum Gasteiger partial charge on any atom is -0.506 e. The van der Waals surface area contributed by atoms with Gasteiger partial charge in [-0.05, 0) is 37.5 Å². The van der Waals surface area contributed by atoms with Gasteiger partial charge in [-0.2, -0.15) is 0 Å². The number of esters is 2. The number of fused-ring (bicyclic) bond motifs is 1. The van der Waals surface area contributed by atoms with Crippen molar-refractivity contribution in [1.82, 2.24) is 10.3 Å². The number of rotatable bonds is 13. The predicted molar refractivity (Wildman–Crippen MR) is 125 cm³/mol. The van der Waals surface area contributed by atoms with Crippen LogP contribution in [0.3, 0.4) is 0 Å². The van der Waals surface area contributed by atoms with Crippen LogP contribution < -0.4 is 5.32 Å². The monoisotopic (exact) mass is 470 g/mol. The second-order valence-corrected chi connectivity index (χ2v) is 7.74. The number of aliphatic hydroxyl groups is 1. The van der Waals surface area contributed by atoms with E-state index in [1.165, 1.54) is 6.07 Å². The van der Waals surface area contributed by atoms with Gasteiger partial charge in [0.25, 0.3) is 0 Å². The maximum absolute atomic E-state index is 12.2. The molecule has 0 spiro atoms. The van der Waals surface area contributed by atoms with E-state index in [9.17, 15) is 19.8 Å². The molecule has 1 heterocycles. The summed E-state index contributed by atoms with van der Waals surface area (Å²) in [6, 6.07) is 4.49. The van der Waals surface area contributed by atoms with Gasteiger partial charge in [-0.15, -0.1) is 12.4 Å². The Bertz CT molecular complexity index is 870. The van der Waals surface area contributed by atoms with E-state index in [1.807, 2.05) is 20.8 Å². The van der Waals surface area contributed by atoms with Crippen LogP contribution in [0, 0.1) is 0 Å². The molecule has 9 heteroatoms. The van der Waals surface area contributed by atoms with Crippen LogP contribution in [0.2, 0.25) is 0 Å². The summed E-state index contributed by atoms with van der Waals surface area (Å²) in [5, 5.41) is 24.5. The molecule has 0 amide bonds. The Morgan fingerprint density at radius 3 is 2.44 bits per heavy atom. The van der Waals surface area contributed by atoms with E-state index < -0.39 is 12.1 Å². The first-order chi connectivity index (χ1) is 14.9. The molecule has 0 bridgehead atoms. The molecule has 2 rings (SSSR count). The number of hydrogen-bond acceptors (Lipinski definition) is 7. The predicted octanol–water partition coefficient (Wildman–Crippen LogP) is 4.00. The molecule has 8 nitrogen and oxygen atoms in total. The summed E-state index contributed by atoms with van der Waals surface area (Å²) in [5.74, 6) is -0.792. The second-order valence-electron chi connectivity index (χ2n) is 7.74. The number of aliphatic hydroxyl groups excluding tert-OH is 1. The van der Waals surface area contributed by atoms with Crippen LogP contribution in [-0.2, 0) is 14.3 Å². The molecule has 0 saturated heterocycles. The van der Waals surface area contributed by atoms with Gasteiger partial charge < -0.3 is 30.0 Å². The van der Waals surface area contributed by atoms with Crippen LogP contribution in [0.5, 0.6) is 5.75 Å². The molecule has 0 aliphatic rings. The summed E-state index contributed by atoms with van der Waals surface area (Å²) in [4.78, 5) is 26.9. The van der Waals surface area contributed by atoms with E-state index in [1.54, 1.807) is 12.1 Å². The van der Waals surface area contributed by atoms with Crippen molar-refractivity contribution in [3.05, 3.63) is 29.5 Å². The Kier molecular flexibility index (Phi) is 12.1. The summed E-state index contributed by atoms with van der Waals surface area (Å²) in [6.07, 6.45) is 2.80. The van der Waals surface area contributed by atoms with Gasteiger partial charge in [0.1, 0.15) is 11.4 Å². The van der Waals surface area contributed by atoms with Gasteiger partial charge in [0.05, 0.1) is 31.3 Å². The maximum Gasteiger partial charge on any atom is 0.354 e. The molecule has 2 atom stereocenters. The molecule has 1 aromatic heterocycles. The molecule has 0 fully saturated rings. The zero-order chi connectivity index (χ0) is 22.8. The molecular weight excluding hydrogens is 436 g/mol. The van der Waals surface area contributed by atoms with Crippen LogP contribution in [0.4, 0.5) is 0 Å². The molecule has 0 saturated carbocycles. The van der Waals surface area contributed by atoms with Crippen molar-refractivity contribution in [2.45, 2.75) is 65.0 Å². The van der Waals surface area contributed by atoms with Crippen molar-refractivity contribution in [2.24, 2.45) is 0 Å². The topological polar surface area (TPSA) is 121 Å². The van der Waals surface area contributed by atoms with Gasteiger partial charge >= 0.3 is 11.9 Å². The zero-order valence-corrected chi connectivity index (χ0v) is 19.8. The normalized spacial score (nSPS) is 12.8. The minimum absolute atomic E-state index is 0. The second kappa shape index (κ2) is 14.0. The summed E-state index contributed by atoms with van der Waals surface area (Å²) >= 11 is 0. The highest BCUT2D eigenvalue weighted by Gasteiger charge is 2.20. The third kappa shape index (κ3) is 8.00. The number of aromatic nitrogens is 1. The van der Waals surface area contributed by atoms with Crippen LogP contribution >= 0.6 is 12.4 Å². The highest BCUT2D eigenvalue weighted by molar-refractivity contribution is 5.98. The first kappa shape index (κ1) is 27.7. The van der Waals surface area contributed by atoms with Crippen LogP contribution in [0.25, 0.3) is 10.9 Å². The highest BCUT2D eigenvalue weighted by atomic mass is 35.5. The van der Waals surface area contributed by atoms with E-state index in [0.717, 1.165) is 25.7 Å². The molecule has 0 aliphatic heterocycles. The number of phenolic OH excluding ortho intramolecular Hbond substituents is 1. The van der Waals surface area contributed by atoms with Gasteiger partial charge in [0.15, 0.2) is 0 Å². The third-order valence-electron chi connectivity index (χ3n) is 5.01. The number of carbonyl (C=O) groups is 2. The minimum atomic E-state index is -0.901. The van der Waals surface area contributed by atoms with Crippen LogP contribution in [0.1, 0.15) is 75.0 Å². The number of nitrogens with one attached hydrogen (secondary N) is 2. The fraction of sp³-hybridized carbons (Fsp3) is 0.565. The number of phenols is 1. The first-order valence-electron chi connectivity index (χ1n) is 11.0. The summed E-state index contributed by atoms with van der Waals surface area (Å²) in [5.41, 5.74) is 1.14. The average molecular weight is 471 g/mol. The number of hydrogen-bond donors (Lipinski definition) is 4. The Morgan fingerprint density at radius 1 is 1.12 bits per heavy atom. The lowest BCUT2D eigenvalue weighted by Gasteiger charge is -2.18. The molecule has 0 radical (unpaired) electrons. The molecule has 0 aliphatic carbocycles. The van der Waals surface area contributed by atoms with Crippen molar-refractivity contribution in [1.29, 1.82) is 0 Å². The quantitative estimate of drug-likeness (QED) is 0.258. The average Bonchev–Trinajstić information content (AvgIpc) is 3.19. The lowest BCUT2D eigenvalue weighted by molar-refractivity contribution is -0.144. The number of aromatic amines is 1. The van der Waals surface area contributed by atoms with E-state index in [4.69, 9.17) is 9.47 Å². The van der Waals surface area contributed by atoms with Crippen molar-refractivity contribution in [3.8, 4) is 5.75 Å². The number of unbranched alkanes of at least 4 members (excludes halogenated alkanes) is 2. The number of ether oxygens (including phenoxy) is 2. The van der Waals surface area contributed by atoms with E-state index >= 15 is 0 Å². The molecule has 180 valence electrons. The maximum atomic E-state index is 12.2. The highest BCUT2D eigenvalue weighted by Crippen LogP contribution is 2.31. The van der Waals surface area contributed by atoms with Gasteiger partial charge in [0, 0.05) is 18.0 Å². The molecule has 4 N–H and O–H groups in total. The Hall–Kier alpha value is -2.29. The van der Waals surface area contributed by atoms with E-state index in [-0.39, 0.29) is 48.8 Å². The van der Waals surface area contributed by atoms with E-state index in [2.05, 4.69) is 10.3 Å². The summed E-state index contributed by atoms with van der Waals surface area (Å²) in [7, 11) is 0. The van der Waals surface area contributed by atoms with Crippen molar-refractivity contribution >= 4 is 35.2 Å². The number of carbonyl (C=O) groups excluding carboxylic acids is 2. The molecular formula is C23H35ClN2O6. The number of H-pyrrole nitrogens is 1. The fourth-order valence-corrected chi connectivity index (χ4v) is 3.15. The van der Waals surface area contributed by atoms with Gasteiger partial charge in [-0.25, -0.2) is 4.79 Å². The van der Waals surface area contributed by atoms with Gasteiger partial charge in [0.2, 0.25) is 0 Å². The Labute approximate surface area is 195 Å². The third-order valence-corrected chi connectivity index (χ3v) is 5.01. The van der Waals surface area contributed by atoms with Crippen molar-refractivity contribution in [3.63, 3.8) is 0 Å². The lowest BCUT2D eigenvalue weighted by Crippen LogP contribution is -2.32. The zero-order valence-electron chi connectivity index (χ0n) is 19.0. The summed E-state index contributed by atoms with van der Waals surface area (Å²) < 4.78 is 10.4. The van der Waals surface area contributed by atoms with Crippen LogP contribution in [0.15, 0.2) is 18.2 Å². The van der Waals surface area contributed by atoms with Gasteiger partial charge in [-0.1, -0.05) is 32.8 Å². The first-order valence-corrected chi connectivity index (χ1v) is 11.0. The van der Waals surface area contributed by atoms with E-state index in [0.29, 0.717) is 29.7 Å². The van der Waals surface area contributed by atoms with Crippen LogP contribution in [-0.4, -0.2) is 52.9 Å². The SMILES string of the molecule is CCCCOC(=O)CC(C)NCC(O)c1ccc(O)c2[nH]c(C(=O)OCCCC)cc12.Cl. The smallest absolute Gasteiger partial charge is 0.354 e.